The summed E-state index contributed by atoms with van der Waals surface area (Å²) in [5, 5.41) is 3.10. The number of aromatic nitrogens is 2. The Balaban J connectivity index is 2.08. The molecule has 1 unspecified atom stereocenters. The number of hydrogen-bond donors (Lipinski definition) is 1. The minimum absolute atomic E-state index is 0.0542. The molecule has 86 valence electrons. The van der Waals surface area contributed by atoms with E-state index in [0.717, 1.165) is 31.9 Å². The van der Waals surface area contributed by atoms with Gasteiger partial charge in [0.1, 0.15) is 0 Å². The van der Waals surface area contributed by atoms with Crippen molar-refractivity contribution in [3.05, 3.63) is 29.4 Å². The first kappa shape index (κ1) is 11.3. The quantitative estimate of drug-likeness (QED) is 0.638. The molecule has 1 aliphatic rings. The van der Waals surface area contributed by atoms with Gasteiger partial charge in [-0.05, 0) is 37.3 Å². The third kappa shape index (κ3) is 2.70. The van der Waals surface area contributed by atoms with Crippen LogP contribution in [0.5, 0.6) is 0 Å². The summed E-state index contributed by atoms with van der Waals surface area (Å²) < 4.78 is 13.4. The molecule has 1 aromatic rings. The summed E-state index contributed by atoms with van der Waals surface area (Å²) in [5.74, 6) is -0.291. The van der Waals surface area contributed by atoms with Crippen LogP contribution < -0.4 is 5.32 Å². The fraction of sp³-hybridized carbons (Fsp3) is 0.455. The number of rotatable bonds is 2. The van der Waals surface area contributed by atoms with Crippen LogP contribution in [0.2, 0.25) is 5.28 Å². The predicted octanol–water partition coefficient (Wildman–Crippen LogP) is 3.18. The van der Waals surface area contributed by atoms with E-state index in [1.54, 1.807) is 0 Å². The molecule has 0 radical (unpaired) electrons. The van der Waals surface area contributed by atoms with Gasteiger partial charge in [-0.2, -0.15) is 4.98 Å². The summed E-state index contributed by atoms with van der Waals surface area (Å²) in [6, 6.07) is 0.196. The van der Waals surface area contributed by atoms with Crippen molar-refractivity contribution in [3.8, 4) is 0 Å². The van der Waals surface area contributed by atoms with Crippen molar-refractivity contribution < 1.29 is 4.39 Å². The van der Waals surface area contributed by atoms with Gasteiger partial charge in [-0.1, -0.05) is 12.2 Å². The van der Waals surface area contributed by atoms with E-state index in [0.29, 0.717) is 0 Å². The number of halogens is 2. The first-order valence-corrected chi connectivity index (χ1v) is 5.64. The predicted molar refractivity (Wildman–Crippen MR) is 62.0 cm³/mol. The SMILES string of the molecule is C=C1CCCC(Nc2nc(Cl)ncc2F)C1. The van der Waals surface area contributed by atoms with Crippen LogP contribution in [0.15, 0.2) is 18.3 Å². The Hall–Kier alpha value is -1.16. The maximum absolute atomic E-state index is 13.4. The van der Waals surface area contributed by atoms with E-state index in [1.807, 2.05) is 0 Å². The number of nitrogens with zero attached hydrogens (tertiary/aromatic N) is 2. The molecule has 5 heteroatoms. The van der Waals surface area contributed by atoms with Crippen LogP contribution in [0.3, 0.4) is 0 Å². The summed E-state index contributed by atoms with van der Waals surface area (Å²) in [4.78, 5) is 7.40. The molecule has 0 amide bonds. The molecular formula is C11H13ClFN3. The van der Waals surface area contributed by atoms with E-state index >= 15 is 0 Å². The fourth-order valence-electron chi connectivity index (χ4n) is 1.91. The Bertz CT molecular complexity index is 408. The van der Waals surface area contributed by atoms with E-state index in [1.165, 1.54) is 5.57 Å². The van der Waals surface area contributed by atoms with Gasteiger partial charge in [0.15, 0.2) is 11.6 Å². The van der Waals surface area contributed by atoms with Gasteiger partial charge >= 0.3 is 0 Å². The van der Waals surface area contributed by atoms with E-state index in [2.05, 4.69) is 21.9 Å². The van der Waals surface area contributed by atoms with Crippen molar-refractivity contribution >= 4 is 17.4 Å². The highest BCUT2D eigenvalue weighted by Gasteiger charge is 2.17. The maximum Gasteiger partial charge on any atom is 0.224 e. The molecule has 1 heterocycles. The Morgan fingerprint density at radius 1 is 1.56 bits per heavy atom. The first-order valence-electron chi connectivity index (χ1n) is 5.26. The van der Waals surface area contributed by atoms with Crippen LogP contribution in [-0.4, -0.2) is 16.0 Å². The van der Waals surface area contributed by atoms with Gasteiger partial charge in [0.05, 0.1) is 6.20 Å². The number of anilines is 1. The van der Waals surface area contributed by atoms with Crippen molar-refractivity contribution in [3.63, 3.8) is 0 Å². The molecule has 3 nitrogen and oxygen atoms in total. The van der Waals surface area contributed by atoms with Gasteiger partial charge in [0, 0.05) is 6.04 Å². The van der Waals surface area contributed by atoms with Crippen LogP contribution in [-0.2, 0) is 0 Å². The van der Waals surface area contributed by atoms with E-state index in [4.69, 9.17) is 11.6 Å². The molecule has 0 saturated heterocycles. The molecule has 0 bridgehead atoms. The molecule has 1 aliphatic carbocycles. The molecule has 0 aromatic carbocycles. The fourth-order valence-corrected chi connectivity index (χ4v) is 2.05. The van der Waals surface area contributed by atoms with Gasteiger partial charge in [-0.3, -0.25) is 0 Å². The molecule has 1 aromatic heterocycles. The van der Waals surface area contributed by atoms with E-state index in [9.17, 15) is 4.39 Å². The van der Waals surface area contributed by atoms with Crippen molar-refractivity contribution in [2.45, 2.75) is 31.7 Å². The average molecular weight is 242 g/mol. The Morgan fingerprint density at radius 3 is 3.12 bits per heavy atom. The summed E-state index contributed by atoms with van der Waals surface area (Å²) in [5.41, 5.74) is 1.20. The highest BCUT2D eigenvalue weighted by molar-refractivity contribution is 6.28. The van der Waals surface area contributed by atoms with Gasteiger partial charge in [0.25, 0.3) is 0 Å². The normalized spacial score (nSPS) is 20.9. The van der Waals surface area contributed by atoms with Gasteiger partial charge < -0.3 is 5.32 Å². The lowest BCUT2D eigenvalue weighted by molar-refractivity contribution is 0.537. The zero-order chi connectivity index (χ0) is 11.5. The highest BCUT2D eigenvalue weighted by Crippen LogP contribution is 2.25. The minimum atomic E-state index is -0.472. The molecule has 1 N–H and O–H groups in total. The summed E-state index contributed by atoms with van der Waals surface area (Å²) >= 11 is 5.62. The van der Waals surface area contributed by atoms with Gasteiger partial charge in [0.2, 0.25) is 5.28 Å². The van der Waals surface area contributed by atoms with Crippen molar-refractivity contribution in [2.24, 2.45) is 0 Å². The molecule has 2 rings (SSSR count). The zero-order valence-corrected chi connectivity index (χ0v) is 9.60. The Morgan fingerprint density at radius 2 is 2.38 bits per heavy atom. The van der Waals surface area contributed by atoms with Crippen molar-refractivity contribution in [1.82, 2.24) is 9.97 Å². The lowest BCUT2D eigenvalue weighted by atomic mass is 9.92. The molecule has 1 fully saturated rings. The molecule has 1 atom stereocenters. The second kappa shape index (κ2) is 4.78. The Kier molecular flexibility index (Phi) is 3.39. The largest absolute Gasteiger partial charge is 0.364 e. The van der Waals surface area contributed by atoms with E-state index in [-0.39, 0.29) is 17.1 Å². The summed E-state index contributed by atoms with van der Waals surface area (Å²) in [7, 11) is 0. The summed E-state index contributed by atoms with van der Waals surface area (Å²) in [6.07, 6.45) is 5.08. The highest BCUT2D eigenvalue weighted by atomic mass is 35.5. The molecule has 16 heavy (non-hydrogen) atoms. The standard InChI is InChI=1S/C11H13ClFN3/c1-7-3-2-4-8(5-7)15-10-9(13)6-14-11(12)16-10/h6,8H,1-5H2,(H,14,15,16). The van der Waals surface area contributed by atoms with Crippen LogP contribution in [0.4, 0.5) is 10.2 Å². The van der Waals surface area contributed by atoms with Crippen LogP contribution in [0.25, 0.3) is 0 Å². The first-order chi connectivity index (χ1) is 7.65. The van der Waals surface area contributed by atoms with Crippen molar-refractivity contribution in [2.75, 3.05) is 5.32 Å². The van der Waals surface area contributed by atoms with Crippen LogP contribution in [0.1, 0.15) is 25.7 Å². The van der Waals surface area contributed by atoms with Crippen molar-refractivity contribution in [1.29, 1.82) is 0 Å². The Labute approximate surface area is 98.7 Å². The van der Waals surface area contributed by atoms with Gasteiger partial charge in [-0.15, -0.1) is 0 Å². The van der Waals surface area contributed by atoms with Gasteiger partial charge in [-0.25, -0.2) is 9.37 Å². The number of hydrogen-bond acceptors (Lipinski definition) is 3. The lowest BCUT2D eigenvalue weighted by Gasteiger charge is -2.25. The molecule has 1 saturated carbocycles. The lowest BCUT2D eigenvalue weighted by Crippen LogP contribution is -2.24. The van der Waals surface area contributed by atoms with Crippen LogP contribution >= 0.6 is 11.6 Å². The third-order valence-corrected chi connectivity index (χ3v) is 2.86. The van der Waals surface area contributed by atoms with E-state index < -0.39 is 5.82 Å². The maximum atomic E-state index is 13.4. The smallest absolute Gasteiger partial charge is 0.224 e. The second-order valence-electron chi connectivity index (χ2n) is 4.02. The second-order valence-corrected chi connectivity index (χ2v) is 4.36. The average Bonchev–Trinajstić information content (AvgIpc) is 2.24. The molecule has 0 spiro atoms. The molecule has 0 aliphatic heterocycles. The monoisotopic (exact) mass is 241 g/mol. The third-order valence-electron chi connectivity index (χ3n) is 2.67. The zero-order valence-electron chi connectivity index (χ0n) is 8.84. The molecular weight excluding hydrogens is 229 g/mol. The minimum Gasteiger partial charge on any atom is -0.364 e. The summed E-state index contributed by atoms with van der Waals surface area (Å²) in [6.45, 7) is 3.95. The van der Waals surface area contributed by atoms with Crippen LogP contribution in [0, 0.1) is 5.82 Å². The number of nitrogens with one attached hydrogen (secondary N) is 1. The topological polar surface area (TPSA) is 37.8 Å².